The van der Waals surface area contributed by atoms with Gasteiger partial charge in [-0.25, -0.2) is 9.78 Å². The van der Waals surface area contributed by atoms with E-state index in [0.29, 0.717) is 5.56 Å². The molecule has 130 valence electrons. The van der Waals surface area contributed by atoms with Gasteiger partial charge in [-0.15, -0.1) is 0 Å². The molecule has 1 aromatic carbocycles. The van der Waals surface area contributed by atoms with E-state index in [-0.39, 0.29) is 23.9 Å². The van der Waals surface area contributed by atoms with Crippen LogP contribution in [-0.4, -0.2) is 51.1 Å². The van der Waals surface area contributed by atoms with Crippen molar-refractivity contribution in [1.82, 2.24) is 9.97 Å². The fourth-order valence-electron chi connectivity index (χ4n) is 2.55. The maximum atomic E-state index is 11.9. The van der Waals surface area contributed by atoms with Crippen molar-refractivity contribution in [3.05, 3.63) is 47.4 Å². The number of benzene rings is 1. The highest BCUT2D eigenvalue weighted by Gasteiger charge is 2.45. The highest BCUT2D eigenvalue weighted by Crippen LogP contribution is 2.33. The van der Waals surface area contributed by atoms with E-state index in [2.05, 4.69) is 9.97 Å². The molecule has 1 saturated heterocycles. The van der Waals surface area contributed by atoms with E-state index in [9.17, 15) is 15.0 Å². The van der Waals surface area contributed by atoms with Crippen LogP contribution in [0.3, 0.4) is 0 Å². The molecule has 0 aliphatic carbocycles. The Kier molecular flexibility index (Phi) is 4.67. The summed E-state index contributed by atoms with van der Waals surface area (Å²) in [6, 6.07) is 10.2. The zero-order valence-electron chi connectivity index (χ0n) is 13.0. The number of aromatic nitrogens is 2. The summed E-state index contributed by atoms with van der Waals surface area (Å²) in [6.07, 6.45) is -4.55. The van der Waals surface area contributed by atoms with Crippen LogP contribution in [0.15, 0.2) is 30.3 Å². The first kappa shape index (κ1) is 16.9. The van der Waals surface area contributed by atoms with Crippen LogP contribution in [0.5, 0.6) is 0 Å². The molecular formula is C16H16N4O5. The lowest BCUT2D eigenvalue weighted by Crippen LogP contribution is -2.34. The second-order valence-corrected chi connectivity index (χ2v) is 5.53. The van der Waals surface area contributed by atoms with Gasteiger partial charge in [0.25, 0.3) is 0 Å². The number of imidazole rings is 1. The van der Waals surface area contributed by atoms with Crippen LogP contribution in [0.2, 0.25) is 0 Å². The van der Waals surface area contributed by atoms with E-state index >= 15 is 0 Å². The van der Waals surface area contributed by atoms with Gasteiger partial charge >= 0.3 is 5.97 Å². The first-order valence-corrected chi connectivity index (χ1v) is 7.50. The topological polar surface area (TPSA) is 154 Å². The zero-order valence-corrected chi connectivity index (χ0v) is 13.0. The molecule has 2 heterocycles. The molecule has 0 bridgehead atoms. The minimum absolute atomic E-state index is 0.0262. The molecule has 0 saturated carbocycles. The maximum absolute atomic E-state index is 11.9. The van der Waals surface area contributed by atoms with Gasteiger partial charge in [0.05, 0.1) is 5.56 Å². The van der Waals surface area contributed by atoms with Crippen LogP contribution in [0, 0.1) is 11.3 Å². The molecule has 0 radical (unpaired) electrons. The summed E-state index contributed by atoms with van der Waals surface area (Å²) in [6.45, 7) is -0.246. The third-order valence-electron chi connectivity index (χ3n) is 3.88. The minimum Gasteiger partial charge on any atom is -0.459 e. The lowest BCUT2D eigenvalue weighted by molar-refractivity contribution is -0.0358. The van der Waals surface area contributed by atoms with Gasteiger partial charge in [0, 0.05) is 0 Å². The predicted molar refractivity (Wildman–Crippen MR) is 84.1 cm³/mol. The van der Waals surface area contributed by atoms with Crippen LogP contribution in [0.1, 0.15) is 28.0 Å². The van der Waals surface area contributed by atoms with Crippen molar-refractivity contribution in [3.8, 4) is 6.07 Å². The molecule has 1 aliphatic heterocycles. The standard InChI is InChI=1S/C16H16N4O5/c17-6-9-14(18)20-15(19-9)13-12(22)11(21)10(25-13)7-24-16(23)8-4-2-1-3-5-8/h1-5,10-13,21-22H,7,18H2,(H,19,20)/t10-,11-,12-,13-/m1/s1. The number of nitrogens with zero attached hydrogens (tertiary/aromatic N) is 2. The first-order valence-electron chi connectivity index (χ1n) is 7.50. The smallest absolute Gasteiger partial charge is 0.338 e. The molecule has 0 spiro atoms. The number of esters is 1. The van der Waals surface area contributed by atoms with E-state index in [4.69, 9.17) is 20.5 Å². The lowest BCUT2D eigenvalue weighted by Gasteiger charge is -2.14. The number of carbonyl (C=O) groups excluding carboxylic acids is 1. The molecule has 9 nitrogen and oxygen atoms in total. The summed E-state index contributed by atoms with van der Waals surface area (Å²) < 4.78 is 10.7. The summed E-state index contributed by atoms with van der Waals surface area (Å²) in [5, 5.41) is 29.1. The van der Waals surface area contributed by atoms with Crippen LogP contribution in [0.4, 0.5) is 5.82 Å². The van der Waals surface area contributed by atoms with Crippen LogP contribution in [-0.2, 0) is 9.47 Å². The van der Waals surface area contributed by atoms with Crippen molar-refractivity contribution in [1.29, 1.82) is 5.26 Å². The summed E-state index contributed by atoms with van der Waals surface area (Å²) in [5.41, 5.74) is 5.97. The molecule has 1 aliphatic rings. The Bertz CT molecular complexity index is 801. The molecule has 2 aromatic rings. The largest absolute Gasteiger partial charge is 0.459 e. The van der Waals surface area contributed by atoms with E-state index in [1.165, 1.54) is 0 Å². The Morgan fingerprint density at radius 2 is 2.08 bits per heavy atom. The number of H-pyrrole nitrogens is 1. The van der Waals surface area contributed by atoms with E-state index in [1.54, 1.807) is 30.3 Å². The zero-order chi connectivity index (χ0) is 18.0. The van der Waals surface area contributed by atoms with Gasteiger partial charge < -0.3 is 30.4 Å². The third-order valence-corrected chi connectivity index (χ3v) is 3.88. The molecule has 3 rings (SSSR count). The van der Waals surface area contributed by atoms with Gasteiger partial charge in [-0.05, 0) is 12.1 Å². The number of nitrogens with two attached hydrogens (primary N) is 1. The van der Waals surface area contributed by atoms with E-state index < -0.39 is 30.4 Å². The SMILES string of the molecule is N#Cc1[nH]c([C@@H]2O[C@H](COC(=O)c3ccccc3)[C@@H](O)[C@H]2O)nc1N. The van der Waals surface area contributed by atoms with Crippen molar-refractivity contribution in [2.24, 2.45) is 0 Å². The second kappa shape index (κ2) is 6.90. The van der Waals surface area contributed by atoms with E-state index in [0.717, 1.165) is 0 Å². The Morgan fingerprint density at radius 3 is 2.72 bits per heavy atom. The van der Waals surface area contributed by atoms with Gasteiger partial charge in [-0.1, -0.05) is 18.2 Å². The molecule has 1 aromatic heterocycles. The van der Waals surface area contributed by atoms with Gasteiger partial charge in [0.2, 0.25) is 0 Å². The fraction of sp³-hybridized carbons (Fsp3) is 0.312. The van der Waals surface area contributed by atoms with Crippen molar-refractivity contribution in [2.45, 2.75) is 24.4 Å². The molecule has 0 amide bonds. The predicted octanol–water partition coefficient (Wildman–Crippen LogP) is -0.118. The lowest BCUT2D eigenvalue weighted by atomic mass is 10.1. The van der Waals surface area contributed by atoms with Crippen LogP contribution in [0.25, 0.3) is 0 Å². The average Bonchev–Trinajstić information content (AvgIpc) is 3.14. The minimum atomic E-state index is -1.31. The van der Waals surface area contributed by atoms with Gasteiger partial charge in [-0.2, -0.15) is 5.26 Å². The third kappa shape index (κ3) is 3.32. The normalized spacial score (nSPS) is 25.5. The highest BCUT2D eigenvalue weighted by atomic mass is 16.6. The molecule has 1 fully saturated rings. The Labute approximate surface area is 142 Å². The number of aliphatic hydroxyl groups excluding tert-OH is 2. The highest BCUT2D eigenvalue weighted by molar-refractivity contribution is 5.89. The Morgan fingerprint density at radius 1 is 1.36 bits per heavy atom. The number of nitriles is 1. The monoisotopic (exact) mass is 344 g/mol. The van der Waals surface area contributed by atoms with Crippen molar-refractivity contribution in [2.75, 3.05) is 12.3 Å². The molecule has 9 heteroatoms. The van der Waals surface area contributed by atoms with Crippen LogP contribution >= 0.6 is 0 Å². The molecule has 0 unspecified atom stereocenters. The summed E-state index contributed by atoms with van der Waals surface area (Å²) in [4.78, 5) is 18.5. The van der Waals surface area contributed by atoms with E-state index in [1.807, 2.05) is 6.07 Å². The van der Waals surface area contributed by atoms with Gasteiger partial charge in [0.15, 0.2) is 11.5 Å². The number of nitrogens with one attached hydrogen (secondary N) is 1. The quantitative estimate of drug-likeness (QED) is 0.560. The number of aliphatic hydroxyl groups is 2. The molecule has 4 atom stereocenters. The molecule has 25 heavy (non-hydrogen) atoms. The van der Waals surface area contributed by atoms with Gasteiger partial charge in [0.1, 0.15) is 42.9 Å². The number of nitrogen functional groups attached to an aromatic ring is 1. The number of rotatable bonds is 4. The van der Waals surface area contributed by atoms with Crippen molar-refractivity contribution < 1.29 is 24.5 Å². The molecular weight excluding hydrogens is 328 g/mol. The average molecular weight is 344 g/mol. The Hall–Kier alpha value is -2.93. The summed E-state index contributed by atoms with van der Waals surface area (Å²) in [5.74, 6) is -0.470. The number of ether oxygens (including phenoxy) is 2. The number of carbonyl (C=O) groups is 1. The number of aromatic amines is 1. The maximum Gasteiger partial charge on any atom is 0.338 e. The number of anilines is 1. The Balaban J connectivity index is 1.66. The molecule has 5 N–H and O–H groups in total. The number of hydrogen-bond donors (Lipinski definition) is 4. The van der Waals surface area contributed by atoms with Crippen LogP contribution < -0.4 is 5.73 Å². The van der Waals surface area contributed by atoms with Crippen molar-refractivity contribution in [3.63, 3.8) is 0 Å². The summed E-state index contributed by atoms with van der Waals surface area (Å²) in [7, 11) is 0. The number of hydrogen-bond acceptors (Lipinski definition) is 8. The second-order valence-electron chi connectivity index (χ2n) is 5.53. The van der Waals surface area contributed by atoms with Gasteiger partial charge in [-0.3, -0.25) is 0 Å². The summed E-state index contributed by atoms with van der Waals surface area (Å²) >= 11 is 0. The van der Waals surface area contributed by atoms with Crippen molar-refractivity contribution >= 4 is 11.8 Å². The first-order chi connectivity index (χ1) is 12.0. The fourth-order valence-corrected chi connectivity index (χ4v) is 2.55.